The molecule has 0 amide bonds. The van der Waals surface area contributed by atoms with Gasteiger partial charge in [0.15, 0.2) is 17.4 Å². The van der Waals surface area contributed by atoms with Crippen LogP contribution in [0.1, 0.15) is 0 Å². The van der Waals surface area contributed by atoms with E-state index in [1.165, 1.54) is 0 Å². The van der Waals surface area contributed by atoms with Crippen LogP contribution >= 0.6 is 9.90 Å². The van der Waals surface area contributed by atoms with Gasteiger partial charge in [0.25, 0.3) is 0 Å². The Bertz CT molecular complexity index is 80.5. The Morgan fingerprint density at radius 1 is 0.500 bits per heavy atom. The van der Waals surface area contributed by atoms with Gasteiger partial charge in [-0.15, -0.1) is 0 Å². The molecule has 0 bridgehead atoms. The van der Waals surface area contributed by atoms with Crippen molar-refractivity contribution in [3.8, 4) is 0 Å². The van der Waals surface area contributed by atoms with Gasteiger partial charge in [0, 0.05) is 0 Å². The highest BCUT2D eigenvalue weighted by Gasteiger charge is 1.57. The summed E-state index contributed by atoms with van der Waals surface area (Å²) in [6.07, 6.45) is 0. The van der Waals surface area contributed by atoms with Gasteiger partial charge in [-0.1, -0.05) is 36.4 Å². The van der Waals surface area contributed by atoms with Gasteiger partial charge in [0.05, 0.1) is 0 Å². The molecule has 8 heavy (non-hydrogen) atoms. The first-order valence-corrected chi connectivity index (χ1v) is 2.00. The van der Waals surface area contributed by atoms with Crippen molar-refractivity contribution in [3.05, 3.63) is 36.4 Å². The molecule has 1 aromatic carbocycles. The highest BCUT2D eigenvalue weighted by molar-refractivity contribution is 6.92. The fourth-order valence-electron chi connectivity index (χ4n) is 0.385. The lowest BCUT2D eigenvalue weighted by Crippen LogP contribution is -1.47. The first-order chi connectivity index (χ1) is 3.00. The lowest BCUT2D eigenvalue weighted by Gasteiger charge is -1.69. The van der Waals surface area contributed by atoms with Crippen molar-refractivity contribution < 1.29 is 0 Å². The summed E-state index contributed by atoms with van der Waals surface area (Å²) in [4.78, 5) is 0. The molecular weight excluding hydrogens is 130 g/mol. The summed E-state index contributed by atoms with van der Waals surface area (Å²) < 4.78 is 0. The van der Waals surface area contributed by atoms with E-state index in [1.54, 1.807) is 0 Å². The monoisotopic (exact) mass is 142 g/mol. The zero-order valence-electron chi connectivity index (χ0n) is 4.17. The standard InChI is InChI=1S/C6H6.Al.H3P.3H/c1-2-4-6-5-3-1;;;;;/h1-6H;;1H3;;;. The Labute approximate surface area is 64.1 Å². The molecule has 0 nitrogen and oxygen atoms in total. The van der Waals surface area contributed by atoms with Gasteiger partial charge in [-0.05, 0) is 0 Å². The second kappa shape index (κ2) is 7.18. The molecule has 2 heteroatoms. The van der Waals surface area contributed by atoms with E-state index in [9.17, 15) is 0 Å². The highest BCUT2D eigenvalue weighted by atomic mass is 31.0. The van der Waals surface area contributed by atoms with Gasteiger partial charge < -0.3 is 0 Å². The summed E-state index contributed by atoms with van der Waals surface area (Å²) >= 11 is 0. The minimum atomic E-state index is 0. The van der Waals surface area contributed by atoms with Gasteiger partial charge in [-0.2, -0.15) is 9.90 Å². The van der Waals surface area contributed by atoms with Crippen LogP contribution in [0.25, 0.3) is 0 Å². The third kappa shape index (κ3) is 4.34. The van der Waals surface area contributed by atoms with Crippen LogP contribution in [0.4, 0.5) is 0 Å². The number of hydrogen-bond acceptors (Lipinski definition) is 0. The van der Waals surface area contributed by atoms with Crippen LogP contribution in [0.15, 0.2) is 36.4 Å². The van der Waals surface area contributed by atoms with Crippen molar-refractivity contribution in [2.45, 2.75) is 0 Å². The summed E-state index contributed by atoms with van der Waals surface area (Å²) in [5.74, 6) is 0. The van der Waals surface area contributed by atoms with Crippen LogP contribution in [-0.2, 0) is 0 Å². The Hall–Kier alpha value is 0.182. The normalized spacial score (nSPS) is 6.00. The van der Waals surface area contributed by atoms with Crippen LogP contribution in [0.3, 0.4) is 0 Å². The Kier molecular flexibility index (Phi) is 9.91. The molecule has 0 aliphatic carbocycles. The molecule has 1 atom stereocenters. The smallest absolute Gasteiger partial charge is 0.153 e. The second-order valence-electron chi connectivity index (χ2n) is 1.15. The van der Waals surface area contributed by atoms with Gasteiger partial charge in [0.1, 0.15) is 0 Å². The number of benzene rings is 1. The van der Waals surface area contributed by atoms with E-state index in [0.29, 0.717) is 0 Å². The first-order valence-electron chi connectivity index (χ1n) is 2.00. The summed E-state index contributed by atoms with van der Waals surface area (Å²) in [5, 5.41) is 0. The topological polar surface area (TPSA) is 0 Å². The SMILES string of the molecule is P.[AlH3].c1ccccc1. The van der Waals surface area contributed by atoms with Crippen molar-refractivity contribution in [3.63, 3.8) is 0 Å². The van der Waals surface area contributed by atoms with Gasteiger partial charge in [0.2, 0.25) is 0 Å². The molecule has 0 aromatic heterocycles. The zero-order chi connectivity index (χ0) is 4.24. The van der Waals surface area contributed by atoms with Crippen LogP contribution < -0.4 is 0 Å². The van der Waals surface area contributed by atoms with Crippen molar-refractivity contribution in [2.75, 3.05) is 0 Å². The van der Waals surface area contributed by atoms with E-state index in [2.05, 4.69) is 0 Å². The average molecular weight is 142 g/mol. The molecule has 1 aromatic rings. The van der Waals surface area contributed by atoms with E-state index < -0.39 is 0 Å². The molecule has 0 spiro atoms. The predicted molar refractivity (Wildman–Crippen MR) is 47.5 cm³/mol. The summed E-state index contributed by atoms with van der Waals surface area (Å²) in [5.41, 5.74) is 0. The molecule has 0 saturated carbocycles. The number of hydrogen-bond donors (Lipinski definition) is 0. The fourth-order valence-corrected chi connectivity index (χ4v) is 0.385. The van der Waals surface area contributed by atoms with Crippen LogP contribution in [0.5, 0.6) is 0 Å². The van der Waals surface area contributed by atoms with E-state index in [4.69, 9.17) is 0 Å². The largest absolute Gasteiger partial charge is 0.187 e. The van der Waals surface area contributed by atoms with E-state index >= 15 is 0 Å². The third-order valence-corrected chi connectivity index (χ3v) is 0.667. The van der Waals surface area contributed by atoms with Crippen molar-refractivity contribution >= 4 is 27.3 Å². The zero-order valence-corrected chi connectivity index (χ0v) is 5.59. The maximum Gasteiger partial charge on any atom is 0.187 e. The fraction of sp³-hybridized carbons (Fsp3) is 0. The maximum atomic E-state index is 2.00. The van der Waals surface area contributed by atoms with Gasteiger partial charge >= 0.3 is 0 Å². The molecule has 0 aliphatic rings. The van der Waals surface area contributed by atoms with Crippen molar-refractivity contribution in [2.24, 2.45) is 0 Å². The summed E-state index contributed by atoms with van der Waals surface area (Å²) in [7, 11) is 0. The molecule has 0 saturated heterocycles. The molecule has 0 radical (unpaired) electrons. The summed E-state index contributed by atoms with van der Waals surface area (Å²) in [6.45, 7) is 0. The Morgan fingerprint density at radius 2 is 0.625 bits per heavy atom. The van der Waals surface area contributed by atoms with Crippen molar-refractivity contribution in [1.82, 2.24) is 0 Å². The Balaban J connectivity index is 0. The lowest BCUT2D eigenvalue weighted by molar-refractivity contribution is 1.72. The predicted octanol–water partition coefficient (Wildman–Crippen LogP) is 0.561. The molecule has 1 rings (SSSR count). The molecule has 0 fully saturated rings. The number of rotatable bonds is 0. The van der Waals surface area contributed by atoms with Crippen LogP contribution in [0, 0.1) is 0 Å². The minimum absolute atomic E-state index is 0. The van der Waals surface area contributed by atoms with Crippen molar-refractivity contribution in [1.29, 1.82) is 0 Å². The minimum Gasteiger partial charge on any atom is -0.153 e. The highest BCUT2D eigenvalue weighted by Crippen LogP contribution is 1.79. The molecule has 0 aliphatic heterocycles. The van der Waals surface area contributed by atoms with Gasteiger partial charge in [-0.25, -0.2) is 0 Å². The third-order valence-electron chi connectivity index (χ3n) is 0.667. The molecule has 44 valence electrons. The lowest BCUT2D eigenvalue weighted by atomic mass is 10.4. The summed E-state index contributed by atoms with van der Waals surface area (Å²) in [6, 6.07) is 12.0. The van der Waals surface area contributed by atoms with Crippen LogP contribution in [-0.4, -0.2) is 17.4 Å². The maximum absolute atomic E-state index is 2.00. The average Bonchev–Trinajstić information content (AvgIpc) is 1.72. The molecule has 0 heterocycles. The molecule has 1 unspecified atom stereocenters. The van der Waals surface area contributed by atoms with E-state index in [-0.39, 0.29) is 27.3 Å². The second-order valence-corrected chi connectivity index (χ2v) is 1.15. The Morgan fingerprint density at radius 3 is 0.750 bits per heavy atom. The van der Waals surface area contributed by atoms with E-state index in [0.717, 1.165) is 0 Å². The molecule has 0 N–H and O–H groups in total. The van der Waals surface area contributed by atoms with Gasteiger partial charge in [-0.3, -0.25) is 0 Å². The van der Waals surface area contributed by atoms with E-state index in [1.807, 2.05) is 36.4 Å². The quantitative estimate of drug-likeness (QED) is 0.367. The van der Waals surface area contributed by atoms with Crippen LogP contribution in [0.2, 0.25) is 0 Å². The molecular formula is C6H12AlP. The first kappa shape index (κ1) is 11.0.